The van der Waals surface area contributed by atoms with E-state index in [-0.39, 0.29) is 17.9 Å². The first-order valence-corrected chi connectivity index (χ1v) is 6.93. The molecule has 0 aromatic heterocycles. The third-order valence-corrected chi connectivity index (χ3v) is 3.69. The van der Waals surface area contributed by atoms with Gasteiger partial charge in [0.25, 0.3) is 0 Å². The van der Waals surface area contributed by atoms with Crippen LogP contribution in [0, 0.1) is 5.82 Å². The van der Waals surface area contributed by atoms with Crippen LogP contribution in [-0.4, -0.2) is 32.8 Å². The minimum atomic E-state index is -0.172. The summed E-state index contributed by atoms with van der Waals surface area (Å²) in [7, 11) is 1.86. The molecule has 1 aromatic carbocycles. The van der Waals surface area contributed by atoms with Crippen LogP contribution in [0.2, 0.25) is 0 Å². The van der Waals surface area contributed by atoms with E-state index in [1.807, 2.05) is 13.1 Å². The zero-order valence-electron chi connectivity index (χ0n) is 10.4. The predicted molar refractivity (Wildman–Crippen MR) is 73.1 cm³/mol. The number of benzene rings is 1. The minimum absolute atomic E-state index is 0.0123. The molecular weight excluding hydrogens is 299 g/mol. The Bertz CT molecular complexity index is 397. The Hall–Kier alpha value is -0.490. The fourth-order valence-corrected chi connectivity index (χ4v) is 2.62. The summed E-state index contributed by atoms with van der Waals surface area (Å²) in [5.41, 5.74) is 0.694. The first-order chi connectivity index (χ1) is 8.70. The predicted octanol–water partition coefficient (Wildman–Crippen LogP) is 2.23. The number of hydrogen-bond donors (Lipinski definition) is 2. The Balaban J connectivity index is 2.09. The second-order valence-corrected chi connectivity index (χ2v) is 5.38. The van der Waals surface area contributed by atoms with E-state index in [1.54, 1.807) is 6.07 Å². The van der Waals surface area contributed by atoms with Gasteiger partial charge in [0.2, 0.25) is 0 Å². The van der Waals surface area contributed by atoms with Crippen LogP contribution in [-0.2, 0) is 4.74 Å². The Labute approximate surface area is 115 Å². The number of halogens is 2. The Morgan fingerprint density at radius 3 is 3.11 bits per heavy atom. The number of ether oxygens (including phenoxy) is 1. The molecule has 2 unspecified atom stereocenters. The van der Waals surface area contributed by atoms with Crippen molar-refractivity contribution in [3.8, 4) is 0 Å². The Kier molecular flexibility index (Phi) is 5.12. The largest absolute Gasteiger partial charge is 0.379 e. The van der Waals surface area contributed by atoms with Gasteiger partial charge >= 0.3 is 0 Å². The molecule has 1 aliphatic heterocycles. The monoisotopic (exact) mass is 316 g/mol. The van der Waals surface area contributed by atoms with Gasteiger partial charge in [-0.25, -0.2) is 4.39 Å². The number of hydrogen-bond acceptors (Lipinski definition) is 3. The first kappa shape index (κ1) is 13.9. The SMILES string of the molecule is CNC(CC1COCCN1)c1cc(Br)ccc1F. The van der Waals surface area contributed by atoms with Crippen molar-refractivity contribution in [2.24, 2.45) is 0 Å². The lowest BCUT2D eigenvalue weighted by atomic mass is 9.99. The van der Waals surface area contributed by atoms with E-state index in [0.29, 0.717) is 12.2 Å². The average Bonchev–Trinajstić information content (AvgIpc) is 2.40. The van der Waals surface area contributed by atoms with E-state index in [4.69, 9.17) is 4.74 Å². The van der Waals surface area contributed by atoms with Gasteiger partial charge in [0.05, 0.1) is 13.2 Å². The molecule has 1 fully saturated rings. The molecule has 1 saturated heterocycles. The van der Waals surface area contributed by atoms with Gasteiger partial charge in [0.15, 0.2) is 0 Å². The lowest BCUT2D eigenvalue weighted by Crippen LogP contribution is -2.43. The van der Waals surface area contributed by atoms with Crippen molar-refractivity contribution in [1.29, 1.82) is 0 Å². The van der Waals surface area contributed by atoms with Gasteiger partial charge in [-0.3, -0.25) is 0 Å². The summed E-state index contributed by atoms with van der Waals surface area (Å²) in [5.74, 6) is -0.172. The molecule has 0 spiro atoms. The zero-order chi connectivity index (χ0) is 13.0. The van der Waals surface area contributed by atoms with Gasteiger partial charge in [-0.05, 0) is 31.7 Å². The van der Waals surface area contributed by atoms with Crippen molar-refractivity contribution in [3.63, 3.8) is 0 Å². The molecule has 1 aromatic rings. The zero-order valence-corrected chi connectivity index (χ0v) is 12.0. The first-order valence-electron chi connectivity index (χ1n) is 6.14. The third kappa shape index (κ3) is 3.51. The maximum absolute atomic E-state index is 13.8. The summed E-state index contributed by atoms with van der Waals surface area (Å²) in [6.07, 6.45) is 0.809. The highest BCUT2D eigenvalue weighted by molar-refractivity contribution is 9.10. The number of rotatable bonds is 4. The summed E-state index contributed by atoms with van der Waals surface area (Å²) in [5, 5.41) is 6.57. The van der Waals surface area contributed by atoms with Crippen molar-refractivity contribution in [2.75, 3.05) is 26.8 Å². The van der Waals surface area contributed by atoms with Crippen LogP contribution in [0.25, 0.3) is 0 Å². The standard InChI is InChI=1S/C13H18BrFN2O/c1-16-13(7-10-8-18-5-4-17-10)11-6-9(14)2-3-12(11)15/h2-3,6,10,13,16-17H,4-5,7-8H2,1H3. The molecule has 3 nitrogen and oxygen atoms in total. The maximum Gasteiger partial charge on any atom is 0.128 e. The molecule has 0 amide bonds. The van der Waals surface area contributed by atoms with Crippen LogP contribution < -0.4 is 10.6 Å². The van der Waals surface area contributed by atoms with Crippen LogP contribution in [0.3, 0.4) is 0 Å². The second kappa shape index (κ2) is 6.61. The van der Waals surface area contributed by atoms with Gasteiger partial charge in [-0.2, -0.15) is 0 Å². The molecule has 1 aliphatic rings. The van der Waals surface area contributed by atoms with Crippen LogP contribution in [0.5, 0.6) is 0 Å². The summed E-state index contributed by atoms with van der Waals surface area (Å²) in [6, 6.07) is 5.30. The molecule has 5 heteroatoms. The molecule has 2 atom stereocenters. The quantitative estimate of drug-likeness (QED) is 0.893. The van der Waals surface area contributed by atoms with Crippen molar-refractivity contribution in [1.82, 2.24) is 10.6 Å². The molecular formula is C13H18BrFN2O. The van der Waals surface area contributed by atoms with Gasteiger partial charge in [-0.15, -0.1) is 0 Å². The smallest absolute Gasteiger partial charge is 0.128 e. The third-order valence-electron chi connectivity index (χ3n) is 3.20. The van der Waals surface area contributed by atoms with E-state index in [9.17, 15) is 4.39 Å². The highest BCUT2D eigenvalue weighted by atomic mass is 79.9. The molecule has 1 heterocycles. The molecule has 100 valence electrons. The molecule has 2 N–H and O–H groups in total. The van der Waals surface area contributed by atoms with E-state index < -0.39 is 0 Å². The van der Waals surface area contributed by atoms with Crippen LogP contribution in [0.4, 0.5) is 4.39 Å². The van der Waals surface area contributed by atoms with E-state index in [0.717, 1.165) is 24.0 Å². The summed E-state index contributed by atoms with van der Waals surface area (Å²) in [6.45, 7) is 2.31. The van der Waals surface area contributed by atoms with Gasteiger partial charge < -0.3 is 15.4 Å². The van der Waals surface area contributed by atoms with Crippen molar-refractivity contribution in [3.05, 3.63) is 34.1 Å². The molecule has 0 saturated carbocycles. The highest BCUT2D eigenvalue weighted by Crippen LogP contribution is 2.25. The van der Waals surface area contributed by atoms with Gasteiger partial charge in [0.1, 0.15) is 5.82 Å². The van der Waals surface area contributed by atoms with E-state index >= 15 is 0 Å². The fourth-order valence-electron chi connectivity index (χ4n) is 2.24. The van der Waals surface area contributed by atoms with Crippen LogP contribution in [0.15, 0.2) is 22.7 Å². The van der Waals surface area contributed by atoms with Gasteiger partial charge in [-0.1, -0.05) is 15.9 Å². The van der Waals surface area contributed by atoms with Crippen LogP contribution >= 0.6 is 15.9 Å². The van der Waals surface area contributed by atoms with E-state index in [2.05, 4.69) is 26.6 Å². The Morgan fingerprint density at radius 1 is 1.61 bits per heavy atom. The summed E-state index contributed by atoms with van der Waals surface area (Å²) >= 11 is 3.38. The summed E-state index contributed by atoms with van der Waals surface area (Å²) < 4.78 is 20.2. The molecule has 0 bridgehead atoms. The maximum atomic E-state index is 13.8. The topological polar surface area (TPSA) is 33.3 Å². The normalized spacial score (nSPS) is 21.8. The van der Waals surface area contributed by atoms with Crippen LogP contribution in [0.1, 0.15) is 18.0 Å². The minimum Gasteiger partial charge on any atom is -0.379 e. The molecule has 18 heavy (non-hydrogen) atoms. The molecule has 0 radical (unpaired) electrons. The highest BCUT2D eigenvalue weighted by Gasteiger charge is 2.21. The molecule has 2 rings (SSSR count). The fraction of sp³-hybridized carbons (Fsp3) is 0.538. The lowest BCUT2D eigenvalue weighted by molar-refractivity contribution is 0.0707. The number of nitrogens with one attached hydrogen (secondary N) is 2. The van der Waals surface area contributed by atoms with Crippen molar-refractivity contribution < 1.29 is 9.13 Å². The van der Waals surface area contributed by atoms with Crippen molar-refractivity contribution in [2.45, 2.75) is 18.5 Å². The van der Waals surface area contributed by atoms with E-state index in [1.165, 1.54) is 6.07 Å². The summed E-state index contributed by atoms with van der Waals surface area (Å²) in [4.78, 5) is 0. The van der Waals surface area contributed by atoms with Crippen molar-refractivity contribution >= 4 is 15.9 Å². The Morgan fingerprint density at radius 2 is 2.44 bits per heavy atom. The molecule has 0 aliphatic carbocycles. The van der Waals surface area contributed by atoms with Gasteiger partial charge in [0, 0.05) is 28.7 Å². The lowest BCUT2D eigenvalue weighted by Gasteiger charge is -2.28. The second-order valence-electron chi connectivity index (χ2n) is 4.47. The number of morpholine rings is 1. The average molecular weight is 317 g/mol.